The predicted octanol–water partition coefficient (Wildman–Crippen LogP) is 1.43. The Labute approximate surface area is 154 Å². The number of halogens is 1. The number of H-pyrrole nitrogens is 1. The number of fused-ring (bicyclic) bond motifs is 2. The monoisotopic (exact) mass is 393 g/mol. The maximum Gasteiger partial charge on any atom is 0.262 e. The van der Waals surface area contributed by atoms with Gasteiger partial charge in [-0.25, -0.2) is 13.4 Å². The molecule has 4 heterocycles. The molecule has 3 aromatic heterocycles. The minimum atomic E-state index is -3.76. The van der Waals surface area contributed by atoms with Crippen molar-refractivity contribution in [2.75, 3.05) is 6.54 Å². The van der Waals surface area contributed by atoms with Gasteiger partial charge in [-0.15, -0.1) is 0 Å². The molecule has 3 aromatic rings. The van der Waals surface area contributed by atoms with Crippen LogP contribution in [0.25, 0.3) is 5.65 Å². The highest BCUT2D eigenvalue weighted by atomic mass is 35.5. The Morgan fingerprint density at radius 3 is 2.73 bits per heavy atom. The zero-order valence-corrected chi connectivity index (χ0v) is 15.7. The Kier molecular flexibility index (Phi) is 3.90. The van der Waals surface area contributed by atoms with Crippen LogP contribution in [0.5, 0.6) is 0 Å². The van der Waals surface area contributed by atoms with Gasteiger partial charge in [-0.3, -0.25) is 14.3 Å². The smallest absolute Gasteiger partial charge is 0.262 e. The van der Waals surface area contributed by atoms with Gasteiger partial charge in [0.2, 0.25) is 10.0 Å². The molecule has 10 heteroatoms. The molecule has 0 spiro atoms. The largest absolute Gasteiger partial charge is 0.281 e. The van der Waals surface area contributed by atoms with E-state index in [2.05, 4.69) is 15.2 Å². The number of rotatable bonds is 2. The summed E-state index contributed by atoms with van der Waals surface area (Å²) in [5, 5.41) is 7.07. The molecule has 0 aliphatic carbocycles. The van der Waals surface area contributed by atoms with Crippen molar-refractivity contribution in [3.63, 3.8) is 0 Å². The fourth-order valence-electron chi connectivity index (χ4n) is 3.30. The van der Waals surface area contributed by atoms with Crippen molar-refractivity contribution in [2.24, 2.45) is 0 Å². The van der Waals surface area contributed by atoms with E-state index in [4.69, 9.17) is 11.6 Å². The third-order valence-corrected chi connectivity index (χ3v) is 6.89. The number of hydrogen-bond donors (Lipinski definition) is 1. The van der Waals surface area contributed by atoms with Crippen LogP contribution in [0.1, 0.15) is 22.6 Å². The Bertz CT molecular complexity index is 1180. The number of sulfonamides is 1. The Morgan fingerprint density at radius 2 is 2.04 bits per heavy atom. The molecule has 0 atom stereocenters. The minimum absolute atomic E-state index is 0.0248. The van der Waals surface area contributed by atoms with Gasteiger partial charge in [-0.1, -0.05) is 11.6 Å². The molecule has 0 amide bonds. The lowest BCUT2D eigenvalue weighted by atomic mass is 10.1. The predicted molar refractivity (Wildman–Crippen MR) is 95.8 cm³/mol. The lowest BCUT2D eigenvalue weighted by Gasteiger charge is -2.27. The van der Waals surface area contributed by atoms with Crippen LogP contribution >= 0.6 is 11.6 Å². The van der Waals surface area contributed by atoms with Crippen LogP contribution in [-0.2, 0) is 23.0 Å². The highest BCUT2D eigenvalue weighted by Gasteiger charge is 2.33. The van der Waals surface area contributed by atoms with E-state index in [9.17, 15) is 13.2 Å². The second-order valence-electron chi connectivity index (χ2n) is 6.27. The third kappa shape index (κ3) is 2.54. The number of nitrogens with one attached hydrogen (secondary N) is 1. The van der Waals surface area contributed by atoms with Crippen molar-refractivity contribution in [3.8, 4) is 0 Å². The van der Waals surface area contributed by atoms with Crippen molar-refractivity contribution < 1.29 is 8.42 Å². The summed E-state index contributed by atoms with van der Waals surface area (Å²) < 4.78 is 28.7. The standard InChI is InChI=1S/C16H16ClN5O3S/c1-9-15(10(2)20-19-9)26(24,25)21-6-5-13-12(8-21)16(23)22-7-11(17)3-4-14(22)18-13/h3-4,7H,5-6,8H2,1-2H3,(H,19,20). The topological polar surface area (TPSA) is 100 Å². The normalized spacial score (nSPS) is 15.3. The van der Waals surface area contributed by atoms with E-state index in [1.165, 1.54) is 14.9 Å². The van der Waals surface area contributed by atoms with E-state index in [-0.39, 0.29) is 23.5 Å². The number of aryl methyl sites for hydroxylation is 2. The summed E-state index contributed by atoms with van der Waals surface area (Å²) in [6.45, 7) is 3.54. The first-order valence-electron chi connectivity index (χ1n) is 8.00. The van der Waals surface area contributed by atoms with Gasteiger partial charge in [0.1, 0.15) is 10.5 Å². The summed E-state index contributed by atoms with van der Waals surface area (Å²) in [6, 6.07) is 3.34. The maximum absolute atomic E-state index is 13.0. The quantitative estimate of drug-likeness (QED) is 0.709. The lowest BCUT2D eigenvalue weighted by molar-refractivity contribution is 0.384. The van der Waals surface area contributed by atoms with E-state index in [0.717, 1.165) is 0 Å². The molecule has 0 unspecified atom stereocenters. The van der Waals surface area contributed by atoms with Crippen molar-refractivity contribution in [1.29, 1.82) is 0 Å². The highest BCUT2D eigenvalue weighted by molar-refractivity contribution is 7.89. The maximum atomic E-state index is 13.0. The zero-order valence-electron chi connectivity index (χ0n) is 14.2. The van der Waals surface area contributed by atoms with Gasteiger partial charge in [0.15, 0.2) is 0 Å². The fraction of sp³-hybridized carbons (Fsp3) is 0.312. The first kappa shape index (κ1) is 17.2. The van der Waals surface area contributed by atoms with E-state index in [1.54, 1.807) is 26.0 Å². The second kappa shape index (κ2) is 5.90. The molecule has 0 fully saturated rings. The van der Waals surface area contributed by atoms with Crippen LogP contribution in [0.15, 0.2) is 28.0 Å². The van der Waals surface area contributed by atoms with Crippen molar-refractivity contribution in [3.05, 3.63) is 56.4 Å². The molecule has 0 saturated heterocycles. The summed E-state index contributed by atoms with van der Waals surface area (Å²) >= 11 is 5.97. The minimum Gasteiger partial charge on any atom is -0.281 e. The first-order valence-corrected chi connectivity index (χ1v) is 9.82. The van der Waals surface area contributed by atoms with Crippen LogP contribution in [-0.4, -0.2) is 38.8 Å². The Balaban J connectivity index is 1.82. The molecule has 8 nitrogen and oxygen atoms in total. The first-order chi connectivity index (χ1) is 12.3. The number of aromatic nitrogens is 4. The van der Waals surface area contributed by atoms with E-state index in [1.807, 2.05) is 0 Å². The summed E-state index contributed by atoms with van der Waals surface area (Å²) in [4.78, 5) is 17.5. The molecule has 0 radical (unpaired) electrons. The molecular formula is C16H16ClN5O3S. The molecule has 0 aromatic carbocycles. The van der Waals surface area contributed by atoms with Gasteiger partial charge in [0, 0.05) is 25.7 Å². The molecular weight excluding hydrogens is 378 g/mol. The van der Waals surface area contributed by atoms with Crippen LogP contribution in [0.3, 0.4) is 0 Å². The molecule has 0 bridgehead atoms. The highest BCUT2D eigenvalue weighted by Crippen LogP contribution is 2.26. The molecule has 1 aliphatic rings. The fourth-order valence-corrected chi connectivity index (χ4v) is 5.20. The van der Waals surface area contributed by atoms with Crippen LogP contribution in [0.2, 0.25) is 5.02 Å². The van der Waals surface area contributed by atoms with Crippen LogP contribution < -0.4 is 5.56 Å². The van der Waals surface area contributed by atoms with Gasteiger partial charge in [0.05, 0.1) is 27.7 Å². The average Bonchev–Trinajstić information content (AvgIpc) is 2.94. The molecule has 136 valence electrons. The zero-order chi connectivity index (χ0) is 18.6. The van der Waals surface area contributed by atoms with Crippen molar-refractivity contribution in [2.45, 2.75) is 31.7 Å². The van der Waals surface area contributed by atoms with Gasteiger partial charge < -0.3 is 0 Å². The molecule has 1 N–H and O–H groups in total. The second-order valence-corrected chi connectivity index (χ2v) is 8.58. The average molecular weight is 394 g/mol. The van der Waals surface area contributed by atoms with Crippen molar-refractivity contribution >= 4 is 27.3 Å². The Hall–Kier alpha value is -2.23. The number of nitrogens with zero attached hydrogens (tertiary/aromatic N) is 4. The van der Waals surface area contributed by atoms with Gasteiger partial charge >= 0.3 is 0 Å². The molecule has 26 heavy (non-hydrogen) atoms. The van der Waals surface area contributed by atoms with Crippen LogP contribution in [0.4, 0.5) is 0 Å². The van der Waals surface area contributed by atoms with E-state index < -0.39 is 10.0 Å². The van der Waals surface area contributed by atoms with Gasteiger partial charge in [-0.2, -0.15) is 9.40 Å². The Morgan fingerprint density at radius 1 is 1.27 bits per heavy atom. The number of aromatic amines is 1. The summed E-state index contributed by atoms with van der Waals surface area (Å²) in [7, 11) is -3.76. The van der Waals surface area contributed by atoms with Gasteiger partial charge in [0.25, 0.3) is 5.56 Å². The molecule has 4 rings (SSSR count). The number of hydrogen-bond acceptors (Lipinski definition) is 5. The number of pyridine rings is 1. The summed E-state index contributed by atoms with van der Waals surface area (Å²) in [6.07, 6.45) is 1.86. The SMILES string of the molecule is Cc1n[nH]c(C)c1S(=O)(=O)N1CCc2nc3ccc(Cl)cn3c(=O)c2C1. The van der Waals surface area contributed by atoms with E-state index >= 15 is 0 Å². The third-order valence-electron chi connectivity index (χ3n) is 4.56. The van der Waals surface area contributed by atoms with Crippen LogP contribution in [0, 0.1) is 13.8 Å². The summed E-state index contributed by atoms with van der Waals surface area (Å²) in [5.41, 5.74) is 2.09. The van der Waals surface area contributed by atoms with Crippen molar-refractivity contribution in [1.82, 2.24) is 23.9 Å². The lowest BCUT2D eigenvalue weighted by Crippen LogP contribution is -2.40. The summed E-state index contributed by atoms with van der Waals surface area (Å²) in [5.74, 6) is 0. The van der Waals surface area contributed by atoms with Gasteiger partial charge in [-0.05, 0) is 26.0 Å². The molecule has 1 aliphatic heterocycles. The van der Waals surface area contributed by atoms with E-state index in [0.29, 0.717) is 39.7 Å². The molecule has 0 saturated carbocycles.